The Bertz CT molecular complexity index is 469. The highest BCUT2D eigenvalue weighted by Crippen LogP contribution is 2.33. The molecule has 0 N–H and O–H groups in total. The van der Waals surface area contributed by atoms with E-state index in [9.17, 15) is 4.79 Å². The van der Waals surface area contributed by atoms with Crippen LogP contribution in [0.15, 0.2) is 18.2 Å². The largest absolute Gasteiger partial charge is 0.490 e. The van der Waals surface area contributed by atoms with Crippen LogP contribution in [0.4, 0.5) is 0 Å². The van der Waals surface area contributed by atoms with Crippen molar-refractivity contribution >= 4 is 17.6 Å². The van der Waals surface area contributed by atoms with Crippen molar-refractivity contribution in [2.45, 2.75) is 25.4 Å². The van der Waals surface area contributed by atoms with Gasteiger partial charge in [-0.2, -0.15) is 0 Å². The highest BCUT2D eigenvalue weighted by Gasteiger charge is 2.43. The molecule has 1 heterocycles. The zero-order valence-corrected chi connectivity index (χ0v) is 11.8. The fraction of sp³-hybridized carbons (Fsp3) is 0.500. The average Bonchev–Trinajstić information content (AvgIpc) is 3.19. The van der Waals surface area contributed by atoms with Crippen molar-refractivity contribution in [2.75, 3.05) is 20.3 Å². The van der Waals surface area contributed by atoms with Crippen molar-refractivity contribution in [3.05, 3.63) is 28.8 Å². The molecule has 0 radical (unpaired) electrons. The standard InChI is InChI=1S/C14H17ClO4/c1-3-14(9-19-14)8-18-12-7-11(15)5-4-10(12)6-13(16)17-2/h4-5,7H,3,6,8-9H2,1-2H3. The summed E-state index contributed by atoms with van der Waals surface area (Å²) in [5, 5.41) is 0.575. The molecule has 1 fully saturated rings. The molecule has 0 amide bonds. The lowest BCUT2D eigenvalue weighted by Gasteiger charge is -2.14. The van der Waals surface area contributed by atoms with Crippen LogP contribution < -0.4 is 4.74 Å². The molecule has 0 aromatic heterocycles. The molecule has 0 saturated carbocycles. The first-order valence-corrected chi connectivity index (χ1v) is 6.58. The van der Waals surface area contributed by atoms with Gasteiger partial charge in [-0.15, -0.1) is 0 Å². The third kappa shape index (κ3) is 3.61. The summed E-state index contributed by atoms with van der Waals surface area (Å²) in [6.45, 7) is 3.25. The second kappa shape index (κ2) is 5.80. The first kappa shape index (κ1) is 14.2. The normalized spacial score (nSPS) is 21.0. The molecule has 2 rings (SSSR count). The Labute approximate surface area is 117 Å². The van der Waals surface area contributed by atoms with Gasteiger partial charge in [0.25, 0.3) is 0 Å². The van der Waals surface area contributed by atoms with Gasteiger partial charge < -0.3 is 14.2 Å². The fourth-order valence-electron chi connectivity index (χ4n) is 1.74. The van der Waals surface area contributed by atoms with Crippen molar-refractivity contribution in [2.24, 2.45) is 0 Å². The third-order valence-electron chi connectivity index (χ3n) is 3.28. The van der Waals surface area contributed by atoms with E-state index in [1.165, 1.54) is 7.11 Å². The summed E-state index contributed by atoms with van der Waals surface area (Å²) in [7, 11) is 1.36. The molecule has 0 bridgehead atoms. The maximum atomic E-state index is 11.4. The molecule has 1 aliphatic heterocycles. The first-order valence-electron chi connectivity index (χ1n) is 6.20. The molecule has 1 unspecified atom stereocenters. The summed E-state index contributed by atoms with van der Waals surface area (Å²) >= 11 is 5.96. The van der Waals surface area contributed by atoms with Crippen LogP contribution in [0.5, 0.6) is 5.75 Å². The van der Waals surface area contributed by atoms with E-state index in [-0.39, 0.29) is 18.0 Å². The maximum absolute atomic E-state index is 11.4. The lowest BCUT2D eigenvalue weighted by Crippen LogP contribution is -2.21. The van der Waals surface area contributed by atoms with Crippen molar-refractivity contribution in [3.8, 4) is 5.75 Å². The van der Waals surface area contributed by atoms with Crippen molar-refractivity contribution in [1.82, 2.24) is 0 Å². The zero-order valence-electron chi connectivity index (χ0n) is 11.1. The summed E-state index contributed by atoms with van der Waals surface area (Å²) in [4.78, 5) is 11.4. The van der Waals surface area contributed by atoms with E-state index in [0.717, 1.165) is 18.6 Å². The van der Waals surface area contributed by atoms with Crippen molar-refractivity contribution in [3.63, 3.8) is 0 Å². The number of esters is 1. The topological polar surface area (TPSA) is 48.1 Å². The van der Waals surface area contributed by atoms with E-state index in [1.807, 2.05) is 0 Å². The van der Waals surface area contributed by atoms with E-state index in [1.54, 1.807) is 18.2 Å². The molecule has 0 aliphatic carbocycles. The molecule has 104 valence electrons. The number of carbonyl (C=O) groups is 1. The fourth-order valence-corrected chi connectivity index (χ4v) is 1.90. The third-order valence-corrected chi connectivity index (χ3v) is 3.51. The summed E-state index contributed by atoms with van der Waals surface area (Å²) in [6, 6.07) is 5.22. The van der Waals surface area contributed by atoms with Crippen LogP contribution in [0, 0.1) is 0 Å². The summed E-state index contributed by atoms with van der Waals surface area (Å²) in [5.74, 6) is 0.307. The molecule has 1 aromatic rings. The minimum atomic E-state index is -0.306. The van der Waals surface area contributed by atoms with E-state index in [2.05, 4.69) is 11.7 Å². The van der Waals surface area contributed by atoms with Gasteiger partial charge in [-0.1, -0.05) is 24.6 Å². The molecule has 19 heavy (non-hydrogen) atoms. The Kier molecular flexibility index (Phi) is 4.32. The number of benzene rings is 1. The van der Waals surface area contributed by atoms with E-state index in [0.29, 0.717) is 17.4 Å². The SMILES string of the molecule is CCC1(COc2cc(Cl)ccc2CC(=O)OC)CO1. The predicted molar refractivity (Wildman–Crippen MR) is 71.6 cm³/mol. The predicted octanol–water partition coefficient (Wildman–Crippen LogP) is 2.61. The van der Waals surface area contributed by atoms with Gasteiger partial charge in [0.1, 0.15) is 18.0 Å². The number of carbonyl (C=O) groups excluding carboxylic acids is 1. The number of methoxy groups -OCH3 is 1. The molecule has 1 aliphatic rings. The molecule has 1 saturated heterocycles. The minimum absolute atomic E-state index is 0.162. The van der Waals surface area contributed by atoms with Crippen LogP contribution >= 0.6 is 11.6 Å². The summed E-state index contributed by atoms with van der Waals surface area (Å²) in [5.41, 5.74) is 0.605. The average molecular weight is 285 g/mol. The molecule has 1 atom stereocenters. The van der Waals surface area contributed by atoms with Crippen LogP contribution in [0.25, 0.3) is 0 Å². The van der Waals surface area contributed by atoms with Crippen LogP contribution in [0.3, 0.4) is 0 Å². The van der Waals surface area contributed by atoms with Gasteiger partial charge in [-0.3, -0.25) is 4.79 Å². The molecule has 0 spiro atoms. The Hall–Kier alpha value is -1.26. The Morgan fingerprint density at radius 3 is 2.84 bits per heavy atom. The van der Waals surface area contributed by atoms with E-state index < -0.39 is 0 Å². The molecular weight excluding hydrogens is 268 g/mol. The smallest absolute Gasteiger partial charge is 0.310 e. The molecule has 1 aromatic carbocycles. The van der Waals surface area contributed by atoms with Gasteiger partial charge in [0.05, 0.1) is 20.1 Å². The number of epoxide rings is 1. The van der Waals surface area contributed by atoms with Crippen LogP contribution in [0.1, 0.15) is 18.9 Å². The molecular formula is C14H17ClO4. The summed E-state index contributed by atoms with van der Waals surface area (Å²) in [6.07, 6.45) is 1.07. The van der Waals surface area contributed by atoms with Crippen molar-refractivity contribution in [1.29, 1.82) is 0 Å². The van der Waals surface area contributed by atoms with E-state index in [4.69, 9.17) is 21.1 Å². The second-order valence-corrected chi connectivity index (χ2v) is 5.06. The summed E-state index contributed by atoms with van der Waals surface area (Å²) < 4.78 is 15.8. The zero-order chi connectivity index (χ0) is 13.9. The minimum Gasteiger partial charge on any atom is -0.490 e. The molecule has 4 nitrogen and oxygen atoms in total. The quantitative estimate of drug-likeness (QED) is 0.595. The van der Waals surface area contributed by atoms with Crippen LogP contribution in [0.2, 0.25) is 5.02 Å². The number of hydrogen-bond acceptors (Lipinski definition) is 4. The van der Waals surface area contributed by atoms with Gasteiger partial charge >= 0.3 is 5.97 Å². The number of ether oxygens (including phenoxy) is 3. The number of halogens is 1. The molecule has 5 heteroatoms. The Morgan fingerprint density at radius 1 is 1.53 bits per heavy atom. The number of hydrogen-bond donors (Lipinski definition) is 0. The van der Waals surface area contributed by atoms with Gasteiger partial charge in [-0.25, -0.2) is 0 Å². The van der Waals surface area contributed by atoms with Gasteiger partial charge in [0, 0.05) is 10.6 Å². The Morgan fingerprint density at radius 2 is 2.26 bits per heavy atom. The van der Waals surface area contributed by atoms with Crippen LogP contribution in [-0.4, -0.2) is 31.9 Å². The first-order chi connectivity index (χ1) is 9.08. The van der Waals surface area contributed by atoms with Crippen LogP contribution in [-0.2, 0) is 20.7 Å². The maximum Gasteiger partial charge on any atom is 0.310 e. The monoisotopic (exact) mass is 284 g/mol. The number of rotatable bonds is 6. The lowest BCUT2D eigenvalue weighted by molar-refractivity contribution is -0.139. The Balaban J connectivity index is 2.08. The van der Waals surface area contributed by atoms with Crippen molar-refractivity contribution < 1.29 is 19.0 Å². The highest BCUT2D eigenvalue weighted by atomic mass is 35.5. The van der Waals surface area contributed by atoms with Gasteiger partial charge in [-0.05, 0) is 18.6 Å². The highest BCUT2D eigenvalue weighted by molar-refractivity contribution is 6.30. The van der Waals surface area contributed by atoms with Gasteiger partial charge in [0.15, 0.2) is 0 Å². The van der Waals surface area contributed by atoms with Gasteiger partial charge in [0.2, 0.25) is 0 Å². The lowest BCUT2D eigenvalue weighted by atomic mass is 10.1. The van der Waals surface area contributed by atoms with E-state index >= 15 is 0 Å². The second-order valence-electron chi connectivity index (χ2n) is 4.62.